The lowest BCUT2D eigenvalue weighted by Crippen LogP contribution is -2.18. The Balaban J connectivity index is 1.69. The maximum absolute atomic E-state index is 13.6. The molecule has 132 valence electrons. The number of hydrogen-bond donors (Lipinski definition) is 1. The highest BCUT2D eigenvalue weighted by molar-refractivity contribution is 7.99. The Morgan fingerprint density at radius 3 is 3.16 bits per heavy atom. The second-order valence-corrected chi connectivity index (χ2v) is 6.76. The molecule has 25 heavy (non-hydrogen) atoms. The maximum atomic E-state index is 13.6. The van der Waals surface area contributed by atoms with Gasteiger partial charge in [-0.25, -0.2) is 9.37 Å². The molecule has 1 aromatic heterocycles. The summed E-state index contributed by atoms with van der Waals surface area (Å²) in [4.78, 5) is 20.1. The number of hydrogen-bond acceptors (Lipinski definition) is 6. The lowest BCUT2D eigenvalue weighted by Gasteiger charge is -2.26. The number of halogens is 1. The van der Waals surface area contributed by atoms with Gasteiger partial charge in [-0.15, -0.1) is 0 Å². The van der Waals surface area contributed by atoms with Crippen molar-refractivity contribution in [3.8, 4) is 0 Å². The predicted molar refractivity (Wildman–Crippen MR) is 95.1 cm³/mol. The van der Waals surface area contributed by atoms with Gasteiger partial charge in [0.25, 0.3) is 0 Å². The highest BCUT2D eigenvalue weighted by atomic mass is 32.2. The maximum Gasteiger partial charge on any atom is 0.316 e. The Morgan fingerprint density at radius 1 is 1.44 bits per heavy atom. The normalized spacial score (nSPS) is 16.2. The molecule has 1 unspecified atom stereocenters. The molecule has 0 saturated heterocycles. The summed E-state index contributed by atoms with van der Waals surface area (Å²) in [6, 6.07) is 4.97. The molecule has 0 bridgehead atoms. The van der Waals surface area contributed by atoms with E-state index in [1.807, 2.05) is 6.07 Å². The zero-order valence-corrected chi connectivity index (χ0v) is 14.8. The molecule has 0 fully saturated rings. The van der Waals surface area contributed by atoms with E-state index in [1.165, 1.54) is 23.4 Å². The number of carbonyl (C=O) groups is 1. The molecule has 0 amide bonds. The average Bonchev–Trinajstić information content (AvgIpc) is 2.61. The van der Waals surface area contributed by atoms with Gasteiger partial charge in [0.15, 0.2) is 0 Å². The molecule has 0 saturated carbocycles. The molecule has 1 N–H and O–H groups in total. The van der Waals surface area contributed by atoms with Gasteiger partial charge in [0.1, 0.15) is 16.7 Å². The number of benzene rings is 1. The predicted octanol–water partition coefficient (Wildman–Crippen LogP) is 3.76. The molecule has 0 spiro atoms. The van der Waals surface area contributed by atoms with Gasteiger partial charge in [0, 0.05) is 0 Å². The van der Waals surface area contributed by atoms with Crippen molar-refractivity contribution in [2.75, 3.05) is 17.7 Å². The Labute approximate surface area is 150 Å². The van der Waals surface area contributed by atoms with Gasteiger partial charge in [-0.1, -0.05) is 17.8 Å². The zero-order chi connectivity index (χ0) is 17.6. The van der Waals surface area contributed by atoms with Crippen LogP contribution in [0.4, 0.5) is 10.2 Å². The van der Waals surface area contributed by atoms with Gasteiger partial charge < -0.3 is 10.1 Å². The number of rotatable bonds is 6. The highest BCUT2D eigenvalue weighted by Gasteiger charge is 2.21. The van der Waals surface area contributed by atoms with Crippen LogP contribution in [0.1, 0.15) is 36.9 Å². The van der Waals surface area contributed by atoms with E-state index < -0.39 is 0 Å². The third-order valence-electron chi connectivity index (χ3n) is 4.00. The van der Waals surface area contributed by atoms with Crippen molar-refractivity contribution in [3.05, 3.63) is 47.5 Å². The first-order chi connectivity index (χ1) is 12.2. The minimum atomic E-state index is -0.274. The molecule has 1 aromatic carbocycles. The van der Waals surface area contributed by atoms with Crippen LogP contribution in [0, 0.1) is 5.82 Å². The van der Waals surface area contributed by atoms with Gasteiger partial charge in [-0.2, -0.15) is 0 Å². The number of nitrogens with zero attached hydrogens (tertiary/aromatic N) is 2. The van der Waals surface area contributed by atoms with E-state index >= 15 is 0 Å². The summed E-state index contributed by atoms with van der Waals surface area (Å²) in [7, 11) is 0. The second kappa shape index (κ2) is 8.29. The number of thioether (sulfide) groups is 1. The molecule has 1 heterocycles. The number of carbonyl (C=O) groups excluding carboxylic acids is 1. The summed E-state index contributed by atoms with van der Waals surface area (Å²) in [5, 5.41) is 3.99. The molecule has 3 rings (SSSR count). The SMILES string of the molecule is CCOC(=O)CSc1cncc(NC2CCCc3ccc(F)cc32)n1. The largest absolute Gasteiger partial charge is 0.465 e. The molecule has 7 heteroatoms. The number of esters is 1. The summed E-state index contributed by atoms with van der Waals surface area (Å²) in [5.74, 6) is 0.321. The van der Waals surface area contributed by atoms with Gasteiger partial charge in [-0.05, 0) is 49.4 Å². The van der Waals surface area contributed by atoms with Crippen LogP contribution in [0.2, 0.25) is 0 Å². The average molecular weight is 361 g/mol. The van der Waals surface area contributed by atoms with Crippen LogP contribution < -0.4 is 5.32 Å². The second-order valence-electron chi connectivity index (χ2n) is 5.77. The van der Waals surface area contributed by atoms with Crippen LogP contribution in [-0.2, 0) is 16.0 Å². The molecule has 0 radical (unpaired) electrons. The fourth-order valence-electron chi connectivity index (χ4n) is 2.92. The first-order valence-electron chi connectivity index (χ1n) is 8.31. The summed E-state index contributed by atoms with van der Waals surface area (Å²) >= 11 is 1.28. The van der Waals surface area contributed by atoms with Crippen LogP contribution in [0.3, 0.4) is 0 Å². The monoisotopic (exact) mass is 361 g/mol. The van der Waals surface area contributed by atoms with Crippen molar-refractivity contribution in [2.24, 2.45) is 0 Å². The van der Waals surface area contributed by atoms with Crippen molar-refractivity contribution in [3.63, 3.8) is 0 Å². The molecule has 0 aliphatic heterocycles. The van der Waals surface area contributed by atoms with E-state index in [4.69, 9.17) is 4.74 Å². The van der Waals surface area contributed by atoms with Crippen LogP contribution in [0.5, 0.6) is 0 Å². The number of ether oxygens (including phenoxy) is 1. The van der Waals surface area contributed by atoms with Crippen molar-refractivity contribution < 1.29 is 13.9 Å². The molecular formula is C18H20FN3O2S. The highest BCUT2D eigenvalue weighted by Crippen LogP contribution is 2.32. The van der Waals surface area contributed by atoms with Crippen molar-refractivity contribution in [1.29, 1.82) is 0 Å². The third-order valence-corrected chi connectivity index (χ3v) is 4.87. The topological polar surface area (TPSA) is 64.1 Å². The lowest BCUT2D eigenvalue weighted by molar-refractivity contribution is -0.139. The number of fused-ring (bicyclic) bond motifs is 1. The molecule has 2 aromatic rings. The summed E-state index contributed by atoms with van der Waals surface area (Å²) in [5.41, 5.74) is 2.16. The summed E-state index contributed by atoms with van der Waals surface area (Å²) in [6.45, 7) is 2.14. The van der Waals surface area contributed by atoms with Gasteiger partial charge in [0.05, 0.1) is 30.8 Å². The third kappa shape index (κ3) is 4.69. The Bertz CT molecular complexity index is 757. The van der Waals surface area contributed by atoms with Crippen molar-refractivity contribution in [1.82, 2.24) is 9.97 Å². The van der Waals surface area contributed by atoms with Crippen LogP contribution in [-0.4, -0.2) is 28.3 Å². The fourth-order valence-corrected chi connectivity index (χ4v) is 3.57. The minimum absolute atomic E-state index is 0.0130. The van der Waals surface area contributed by atoms with Crippen LogP contribution >= 0.6 is 11.8 Å². The van der Waals surface area contributed by atoms with Crippen molar-refractivity contribution in [2.45, 2.75) is 37.3 Å². The number of aryl methyl sites for hydroxylation is 1. The molecule has 1 aliphatic carbocycles. The Hall–Kier alpha value is -2.15. The van der Waals surface area contributed by atoms with Crippen molar-refractivity contribution >= 4 is 23.5 Å². The number of anilines is 1. The van der Waals surface area contributed by atoms with Crippen LogP contribution in [0.25, 0.3) is 0 Å². The van der Waals surface area contributed by atoms with E-state index in [0.717, 1.165) is 24.8 Å². The Morgan fingerprint density at radius 2 is 2.32 bits per heavy atom. The van der Waals surface area contributed by atoms with Gasteiger partial charge in [-0.3, -0.25) is 9.78 Å². The van der Waals surface area contributed by atoms with E-state index in [9.17, 15) is 9.18 Å². The van der Waals surface area contributed by atoms with E-state index in [0.29, 0.717) is 17.5 Å². The van der Waals surface area contributed by atoms with Gasteiger partial charge in [0.2, 0.25) is 0 Å². The lowest BCUT2D eigenvalue weighted by atomic mass is 9.87. The summed E-state index contributed by atoms with van der Waals surface area (Å²) < 4.78 is 18.5. The van der Waals surface area contributed by atoms with E-state index in [1.54, 1.807) is 25.4 Å². The Kier molecular flexibility index (Phi) is 5.86. The molecule has 5 nitrogen and oxygen atoms in total. The molecule has 1 atom stereocenters. The van der Waals surface area contributed by atoms with E-state index in [-0.39, 0.29) is 23.6 Å². The first-order valence-corrected chi connectivity index (χ1v) is 9.29. The fraction of sp³-hybridized carbons (Fsp3) is 0.389. The zero-order valence-electron chi connectivity index (χ0n) is 14.0. The number of nitrogens with one attached hydrogen (secondary N) is 1. The quantitative estimate of drug-likeness (QED) is 0.624. The number of aromatic nitrogens is 2. The smallest absolute Gasteiger partial charge is 0.316 e. The first kappa shape index (κ1) is 17.7. The minimum Gasteiger partial charge on any atom is -0.465 e. The molecule has 1 aliphatic rings. The van der Waals surface area contributed by atoms with Gasteiger partial charge >= 0.3 is 5.97 Å². The molecular weight excluding hydrogens is 341 g/mol. The summed E-state index contributed by atoms with van der Waals surface area (Å²) in [6.07, 6.45) is 6.18. The van der Waals surface area contributed by atoms with Crippen LogP contribution in [0.15, 0.2) is 35.6 Å². The van der Waals surface area contributed by atoms with E-state index in [2.05, 4.69) is 15.3 Å². The standard InChI is InChI=1S/C18H20FN3O2S/c1-2-24-18(23)11-25-17-10-20-9-16(22-17)21-15-5-3-4-12-6-7-13(19)8-14(12)15/h6-10,15H,2-5,11H2,1H3,(H,21,22).